The van der Waals surface area contributed by atoms with E-state index in [-0.39, 0.29) is 18.2 Å². The highest BCUT2D eigenvalue weighted by Gasteiger charge is 2.23. The molecule has 1 saturated carbocycles. The Morgan fingerprint density at radius 3 is 2.80 bits per heavy atom. The van der Waals surface area contributed by atoms with Gasteiger partial charge < -0.3 is 10.4 Å². The molecule has 0 radical (unpaired) electrons. The van der Waals surface area contributed by atoms with E-state index in [1.165, 1.54) is 12.8 Å². The van der Waals surface area contributed by atoms with Crippen molar-refractivity contribution in [2.24, 2.45) is 0 Å². The van der Waals surface area contributed by atoms with Gasteiger partial charge in [-0.15, -0.1) is 0 Å². The lowest BCUT2D eigenvalue weighted by Gasteiger charge is -2.26. The molecule has 1 fully saturated rings. The number of hydrogen-bond acceptors (Lipinski definition) is 3. The van der Waals surface area contributed by atoms with Gasteiger partial charge >= 0.3 is 0 Å². The number of hydrogen-bond donors (Lipinski definition) is 2. The van der Waals surface area contributed by atoms with Crippen LogP contribution in [0.3, 0.4) is 0 Å². The van der Waals surface area contributed by atoms with Crippen molar-refractivity contribution in [2.75, 3.05) is 0 Å². The molecule has 0 saturated heterocycles. The van der Waals surface area contributed by atoms with E-state index in [9.17, 15) is 5.11 Å². The maximum absolute atomic E-state index is 9.92. The van der Waals surface area contributed by atoms with Crippen molar-refractivity contribution in [3.8, 4) is 6.07 Å². The second kappa shape index (κ2) is 6.81. The highest BCUT2D eigenvalue weighted by atomic mass is 16.3. The average Bonchev–Trinajstić information content (AvgIpc) is 2.43. The Hall–Kier alpha value is -0.590. The zero-order chi connectivity index (χ0) is 11.1. The zero-order valence-corrected chi connectivity index (χ0v) is 9.58. The molecule has 3 heteroatoms. The standard InChI is InChI=1S/C12H22N2O/c1-2-10(8-9-13)14-11-6-4-3-5-7-12(11)15/h10-12,14-15H,2-8H2,1H3. The van der Waals surface area contributed by atoms with Crippen LogP contribution in [0.25, 0.3) is 0 Å². The van der Waals surface area contributed by atoms with E-state index < -0.39 is 0 Å². The quantitative estimate of drug-likeness (QED) is 0.697. The van der Waals surface area contributed by atoms with Gasteiger partial charge in [-0.25, -0.2) is 0 Å². The summed E-state index contributed by atoms with van der Waals surface area (Å²) in [6, 6.07) is 2.64. The molecule has 1 rings (SSSR count). The van der Waals surface area contributed by atoms with Crippen LogP contribution in [0.5, 0.6) is 0 Å². The monoisotopic (exact) mass is 210 g/mol. The van der Waals surface area contributed by atoms with Crippen LogP contribution in [0.2, 0.25) is 0 Å². The van der Waals surface area contributed by atoms with Gasteiger partial charge in [0.1, 0.15) is 0 Å². The van der Waals surface area contributed by atoms with Crippen LogP contribution in [0, 0.1) is 11.3 Å². The van der Waals surface area contributed by atoms with Crippen LogP contribution >= 0.6 is 0 Å². The Morgan fingerprint density at radius 1 is 1.40 bits per heavy atom. The Morgan fingerprint density at radius 2 is 2.13 bits per heavy atom. The molecular formula is C12H22N2O. The molecule has 2 N–H and O–H groups in total. The minimum Gasteiger partial charge on any atom is -0.392 e. The van der Waals surface area contributed by atoms with Gasteiger partial charge in [-0.1, -0.05) is 26.2 Å². The van der Waals surface area contributed by atoms with Gasteiger partial charge in [-0.2, -0.15) is 5.26 Å². The second-order valence-electron chi connectivity index (χ2n) is 4.45. The van der Waals surface area contributed by atoms with Gasteiger partial charge in [0.25, 0.3) is 0 Å². The lowest BCUT2D eigenvalue weighted by molar-refractivity contribution is 0.113. The van der Waals surface area contributed by atoms with E-state index in [2.05, 4.69) is 18.3 Å². The molecule has 15 heavy (non-hydrogen) atoms. The molecule has 0 bridgehead atoms. The lowest BCUT2D eigenvalue weighted by Crippen LogP contribution is -2.44. The normalized spacial score (nSPS) is 29.1. The number of nitrogens with one attached hydrogen (secondary N) is 1. The molecule has 0 aromatic heterocycles. The van der Waals surface area contributed by atoms with E-state index in [0.29, 0.717) is 6.42 Å². The first-order valence-electron chi connectivity index (χ1n) is 6.09. The van der Waals surface area contributed by atoms with Crippen LogP contribution in [-0.2, 0) is 0 Å². The summed E-state index contributed by atoms with van der Waals surface area (Å²) in [5.41, 5.74) is 0. The second-order valence-corrected chi connectivity index (χ2v) is 4.45. The van der Waals surface area contributed by atoms with Crippen LogP contribution < -0.4 is 5.32 Å². The van der Waals surface area contributed by atoms with Gasteiger partial charge in [-0.05, 0) is 19.3 Å². The Labute approximate surface area is 92.5 Å². The molecule has 86 valence electrons. The summed E-state index contributed by atoms with van der Waals surface area (Å²) in [5.74, 6) is 0. The van der Waals surface area contributed by atoms with Gasteiger partial charge in [0, 0.05) is 12.1 Å². The molecule has 1 aliphatic carbocycles. The van der Waals surface area contributed by atoms with E-state index in [1.807, 2.05) is 0 Å². The zero-order valence-electron chi connectivity index (χ0n) is 9.58. The SMILES string of the molecule is CCC(CC#N)NC1CCCCCC1O. The highest BCUT2D eigenvalue weighted by molar-refractivity contribution is 4.86. The summed E-state index contributed by atoms with van der Waals surface area (Å²) in [6.45, 7) is 2.08. The molecule has 0 aromatic carbocycles. The van der Waals surface area contributed by atoms with E-state index in [0.717, 1.165) is 25.7 Å². The predicted octanol–water partition coefficient (Wildman–Crippen LogP) is 1.96. The number of aliphatic hydroxyl groups excluding tert-OH is 1. The Balaban J connectivity index is 2.42. The van der Waals surface area contributed by atoms with Gasteiger partial charge in [0.2, 0.25) is 0 Å². The topological polar surface area (TPSA) is 56.0 Å². The summed E-state index contributed by atoms with van der Waals surface area (Å²) in [5, 5.41) is 22.0. The summed E-state index contributed by atoms with van der Waals surface area (Å²) in [7, 11) is 0. The molecular weight excluding hydrogens is 188 g/mol. The Bertz CT molecular complexity index is 212. The van der Waals surface area contributed by atoms with E-state index in [1.54, 1.807) is 0 Å². The van der Waals surface area contributed by atoms with Crippen LogP contribution in [0.1, 0.15) is 51.9 Å². The molecule has 0 aliphatic heterocycles. The third-order valence-corrected chi connectivity index (χ3v) is 3.26. The highest BCUT2D eigenvalue weighted by Crippen LogP contribution is 2.19. The maximum Gasteiger partial charge on any atom is 0.0693 e. The average molecular weight is 210 g/mol. The van der Waals surface area contributed by atoms with Crippen molar-refractivity contribution < 1.29 is 5.11 Å². The van der Waals surface area contributed by atoms with Crippen molar-refractivity contribution in [3.05, 3.63) is 0 Å². The van der Waals surface area contributed by atoms with Crippen LogP contribution in [0.15, 0.2) is 0 Å². The first-order valence-corrected chi connectivity index (χ1v) is 6.09. The molecule has 3 atom stereocenters. The number of rotatable bonds is 4. The number of aliphatic hydroxyl groups is 1. The molecule has 1 aliphatic rings. The molecule has 3 nitrogen and oxygen atoms in total. The summed E-state index contributed by atoms with van der Waals surface area (Å²) in [6.07, 6.45) is 6.77. The largest absolute Gasteiger partial charge is 0.392 e. The lowest BCUT2D eigenvalue weighted by atomic mass is 10.0. The fourth-order valence-electron chi connectivity index (χ4n) is 2.22. The first-order chi connectivity index (χ1) is 7.27. The minimum absolute atomic E-state index is 0.200. The predicted molar refractivity (Wildman–Crippen MR) is 60.3 cm³/mol. The summed E-state index contributed by atoms with van der Waals surface area (Å²) < 4.78 is 0. The van der Waals surface area contributed by atoms with Gasteiger partial charge in [-0.3, -0.25) is 0 Å². The molecule has 0 aromatic rings. The number of nitrogens with zero attached hydrogens (tertiary/aromatic N) is 1. The fourth-order valence-corrected chi connectivity index (χ4v) is 2.22. The van der Waals surface area contributed by atoms with Crippen LogP contribution in [0.4, 0.5) is 0 Å². The molecule has 0 amide bonds. The molecule has 3 unspecified atom stereocenters. The first kappa shape index (κ1) is 12.5. The minimum atomic E-state index is -0.222. The van der Waals surface area contributed by atoms with E-state index in [4.69, 9.17) is 5.26 Å². The van der Waals surface area contributed by atoms with Crippen molar-refractivity contribution in [2.45, 2.75) is 70.1 Å². The van der Waals surface area contributed by atoms with Crippen molar-refractivity contribution in [1.29, 1.82) is 5.26 Å². The van der Waals surface area contributed by atoms with Gasteiger partial charge in [0.05, 0.1) is 18.6 Å². The van der Waals surface area contributed by atoms with Crippen molar-refractivity contribution in [3.63, 3.8) is 0 Å². The van der Waals surface area contributed by atoms with Crippen molar-refractivity contribution in [1.82, 2.24) is 5.32 Å². The summed E-state index contributed by atoms with van der Waals surface area (Å²) in [4.78, 5) is 0. The molecule has 0 spiro atoms. The third-order valence-electron chi connectivity index (χ3n) is 3.26. The van der Waals surface area contributed by atoms with Gasteiger partial charge in [0.15, 0.2) is 0 Å². The fraction of sp³-hybridized carbons (Fsp3) is 0.917. The van der Waals surface area contributed by atoms with Crippen LogP contribution in [-0.4, -0.2) is 23.3 Å². The van der Waals surface area contributed by atoms with Crippen molar-refractivity contribution >= 4 is 0 Å². The van der Waals surface area contributed by atoms with E-state index >= 15 is 0 Å². The number of nitriles is 1. The summed E-state index contributed by atoms with van der Waals surface area (Å²) >= 11 is 0. The third kappa shape index (κ3) is 4.19. The molecule has 0 heterocycles. The Kier molecular flexibility index (Phi) is 5.67. The smallest absolute Gasteiger partial charge is 0.0693 e. The maximum atomic E-state index is 9.92.